The van der Waals surface area contributed by atoms with Gasteiger partial charge in [-0.05, 0) is 25.5 Å². The first-order valence-electron chi connectivity index (χ1n) is 5.12. The number of thioether (sulfide) groups is 1. The first kappa shape index (κ1) is 12.8. The van der Waals surface area contributed by atoms with Gasteiger partial charge in [0.15, 0.2) is 0 Å². The quantitative estimate of drug-likeness (QED) is 0.773. The van der Waals surface area contributed by atoms with Crippen molar-refractivity contribution in [3.63, 3.8) is 0 Å². The fourth-order valence-corrected chi connectivity index (χ4v) is 2.46. The molecule has 1 aromatic rings. The zero-order valence-electron chi connectivity index (χ0n) is 9.43. The highest BCUT2D eigenvalue weighted by atomic mass is 32.2. The molecule has 0 saturated carbocycles. The van der Waals surface area contributed by atoms with E-state index in [1.807, 2.05) is 6.92 Å². The van der Waals surface area contributed by atoms with Crippen LogP contribution in [0.15, 0.2) is 23.4 Å². The maximum atomic E-state index is 11.2. The van der Waals surface area contributed by atoms with Crippen LogP contribution in [-0.4, -0.2) is 20.8 Å². The number of carboxylic acids is 1. The second-order valence-corrected chi connectivity index (χ2v) is 5.34. The molecular formula is C11H16N2O2S. The Morgan fingerprint density at radius 3 is 2.75 bits per heavy atom. The Morgan fingerprint density at radius 2 is 2.31 bits per heavy atom. The summed E-state index contributed by atoms with van der Waals surface area (Å²) in [6, 6.07) is 3.47. The highest BCUT2D eigenvalue weighted by Crippen LogP contribution is 2.35. The Morgan fingerprint density at radius 1 is 1.62 bits per heavy atom. The van der Waals surface area contributed by atoms with Crippen LogP contribution in [-0.2, 0) is 4.79 Å². The summed E-state index contributed by atoms with van der Waals surface area (Å²) < 4.78 is -0.822. The monoisotopic (exact) mass is 240 g/mol. The molecule has 0 amide bonds. The summed E-state index contributed by atoms with van der Waals surface area (Å²) in [5, 5.41) is 9.89. The van der Waals surface area contributed by atoms with Crippen molar-refractivity contribution in [2.45, 2.75) is 36.5 Å². The number of aliphatic carboxylic acids is 1. The molecule has 16 heavy (non-hydrogen) atoms. The lowest BCUT2D eigenvalue weighted by molar-refractivity contribution is -0.139. The third-order valence-corrected chi connectivity index (χ3v) is 3.55. The summed E-state index contributed by atoms with van der Waals surface area (Å²) in [5.74, 6) is -0.807. The number of carbonyl (C=O) groups is 1. The van der Waals surface area contributed by atoms with Gasteiger partial charge in [0.05, 0.1) is 16.9 Å². The zero-order chi connectivity index (χ0) is 12.2. The number of nitrogens with two attached hydrogens (primary N) is 1. The van der Waals surface area contributed by atoms with Gasteiger partial charge in [-0.15, -0.1) is 0 Å². The fraction of sp³-hybridized carbons (Fsp3) is 0.455. The van der Waals surface area contributed by atoms with Crippen LogP contribution in [0.3, 0.4) is 0 Å². The molecule has 1 atom stereocenters. The van der Waals surface area contributed by atoms with Crippen LogP contribution in [0.5, 0.6) is 0 Å². The average Bonchev–Trinajstić information content (AvgIpc) is 2.22. The van der Waals surface area contributed by atoms with E-state index in [9.17, 15) is 9.90 Å². The van der Waals surface area contributed by atoms with E-state index in [0.717, 1.165) is 6.42 Å². The minimum absolute atomic E-state index is 0.580. The number of hydrogen-bond donors (Lipinski definition) is 2. The smallest absolute Gasteiger partial charge is 0.319 e. The standard InChI is InChI=1S/C11H16N2O2S/c1-3-6-11(2,10(14)15)16-9-5-4-8(12)7-13-9/h4-5,7H,3,6,12H2,1-2H3,(H,14,15). The van der Waals surface area contributed by atoms with Gasteiger partial charge in [-0.3, -0.25) is 4.79 Å². The second kappa shape index (κ2) is 5.21. The third kappa shape index (κ3) is 3.13. The number of nitrogen functional groups attached to an aromatic ring is 1. The normalized spacial score (nSPS) is 14.4. The lowest BCUT2D eigenvalue weighted by Crippen LogP contribution is -2.31. The van der Waals surface area contributed by atoms with Crippen LogP contribution in [0.25, 0.3) is 0 Å². The van der Waals surface area contributed by atoms with E-state index < -0.39 is 10.7 Å². The van der Waals surface area contributed by atoms with E-state index in [0.29, 0.717) is 17.1 Å². The lowest BCUT2D eigenvalue weighted by Gasteiger charge is -2.22. The van der Waals surface area contributed by atoms with Gasteiger partial charge in [0.25, 0.3) is 0 Å². The molecule has 1 unspecified atom stereocenters. The predicted molar refractivity (Wildman–Crippen MR) is 65.5 cm³/mol. The molecule has 0 aliphatic carbocycles. The van der Waals surface area contributed by atoms with Crippen molar-refractivity contribution < 1.29 is 9.90 Å². The highest BCUT2D eigenvalue weighted by Gasteiger charge is 2.33. The first-order chi connectivity index (χ1) is 7.48. The second-order valence-electron chi connectivity index (χ2n) is 3.82. The molecule has 3 N–H and O–H groups in total. The minimum atomic E-state index is -0.822. The molecule has 0 aliphatic heterocycles. The molecule has 1 heterocycles. The molecule has 4 nitrogen and oxygen atoms in total. The minimum Gasteiger partial charge on any atom is -0.480 e. The SMILES string of the molecule is CCCC(C)(Sc1ccc(N)cn1)C(=O)O. The van der Waals surface area contributed by atoms with Gasteiger partial charge in [-0.25, -0.2) is 4.98 Å². The van der Waals surface area contributed by atoms with Gasteiger partial charge >= 0.3 is 5.97 Å². The van der Waals surface area contributed by atoms with Crippen LogP contribution in [0.2, 0.25) is 0 Å². The summed E-state index contributed by atoms with van der Waals surface area (Å²) in [4.78, 5) is 15.3. The van der Waals surface area contributed by atoms with Gasteiger partial charge in [-0.1, -0.05) is 25.1 Å². The largest absolute Gasteiger partial charge is 0.480 e. The number of rotatable bonds is 5. The molecule has 88 valence electrons. The van der Waals surface area contributed by atoms with Crippen LogP contribution >= 0.6 is 11.8 Å². The van der Waals surface area contributed by atoms with E-state index in [1.165, 1.54) is 18.0 Å². The zero-order valence-corrected chi connectivity index (χ0v) is 10.3. The lowest BCUT2D eigenvalue weighted by atomic mass is 10.1. The van der Waals surface area contributed by atoms with Gasteiger partial charge in [0, 0.05) is 0 Å². The van der Waals surface area contributed by atoms with E-state index in [1.54, 1.807) is 19.1 Å². The van der Waals surface area contributed by atoms with Crippen molar-refractivity contribution in [3.8, 4) is 0 Å². The predicted octanol–water partition coefficient (Wildman–Crippen LogP) is 2.40. The van der Waals surface area contributed by atoms with Crippen molar-refractivity contribution in [1.29, 1.82) is 0 Å². The van der Waals surface area contributed by atoms with Gasteiger partial charge < -0.3 is 10.8 Å². The highest BCUT2D eigenvalue weighted by molar-refractivity contribution is 8.01. The Hall–Kier alpha value is -1.23. The Labute approximate surface area is 99.3 Å². The summed E-state index contributed by atoms with van der Waals surface area (Å²) in [7, 11) is 0. The summed E-state index contributed by atoms with van der Waals surface area (Å²) in [6.07, 6.45) is 2.97. The van der Waals surface area contributed by atoms with Crippen LogP contribution in [0, 0.1) is 0 Å². The van der Waals surface area contributed by atoms with Crippen molar-refractivity contribution in [2.75, 3.05) is 5.73 Å². The molecule has 5 heteroatoms. The molecule has 0 bridgehead atoms. The fourth-order valence-electron chi connectivity index (χ4n) is 1.36. The summed E-state index contributed by atoms with van der Waals surface area (Å²) in [6.45, 7) is 3.69. The van der Waals surface area contributed by atoms with Crippen LogP contribution < -0.4 is 5.73 Å². The van der Waals surface area contributed by atoms with E-state index >= 15 is 0 Å². The molecule has 0 spiro atoms. The maximum Gasteiger partial charge on any atom is 0.319 e. The molecule has 0 radical (unpaired) electrons. The Balaban J connectivity index is 2.83. The number of anilines is 1. The summed E-state index contributed by atoms with van der Waals surface area (Å²) >= 11 is 1.27. The number of pyridine rings is 1. The van der Waals surface area contributed by atoms with Gasteiger partial charge in [0.2, 0.25) is 0 Å². The number of carboxylic acid groups (broad SMARTS) is 1. The van der Waals surface area contributed by atoms with Crippen LogP contribution in [0.4, 0.5) is 5.69 Å². The molecule has 1 aromatic heterocycles. The molecule has 0 fully saturated rings. The van der Waals surface area contributed by atoms with E-state index in [2.05, 4.69) is 4.98 Å². The van der Waals surface area contributed by atoms with E-state index in [4.69, 9.17) is 5.73 Å². The number of hydrogen-bond acceptors (Lipinski definition) is 4. The molecule has 0 aliphatic rings. The number of aromatic nitrogens is 1. The van der Waals surface area contributed by atoms with Crippen molar-refractivity contribution in [1.82, 2.24) is 4.98 Å². The average molecular weight is 240 g/mol. The first-order valence-corrected chi connectivity index (χ1v) is 5.93. The van der Waals surface area contributed by atoms with Crippen molar-refractivity contribution in [3.05, 3.63) is 18.3 Å². The topological polar surface area (TPSA) is 76.2 Å². The Bertz CT molecular complexity index is 367. The van der Waals surface area contributed by atoms with E-state index in [-0.39, 0.29) is 0 Å². The molecule has 0 saturated heterocycles. The summed E-state index contributed by atoms with van der Waals surface area (Å²) in [5.41, 5.74) is 6.10. The van der Waals surface area contributed by atoms with Gasteiger partial charge in [-0.2, -0.15) is 0 Å². The molecular weight excluding hydrogens is 224 g/mol. The van der Waals surface area contributed by atoms with Gasteiger partial charge in [0.1, 0.15) is 4.75 Å². The van der Waals surface area contributed by atoms with Crippen molar-refractivity contribution in [2.24, 2.45) is 0 Å². The number of nitrogens with zero attached hydrogens (tertiary/aromatic N) is 1. The third-order valence-electron chi connectivity index (χ3n) is 2.27. The molecule has 0 aromatic carbocycles. The Kier molecular flexibility index (Phi) is 4.18. The van der Waals surface area contributed by atoms with Crippen molar-refractivity contribution >= 4 is 23.4 Å². The van der Waals surface area contributed by atoms with Crippen LogP contribution in [0.1, 0.15) is 26.7 Å². The molecule has 1 rings (SSSR count). The maximum absolute atomic E-state index is 11.2.